The van der Waals surface area contributed by atoms with Crippen molar-refractivity contribution in [2.45, 2.75) is 30.9 Å². The molecule has 2 heterocycles. The Hall–Kier alpha value is -1.00. The molecule has 1 N–H and O–H groups in total. The highest BCUT2D eigenvalue weighted by Crippen LogP contribution is 2.37. The fourth-order valence-corrected chi connectivity index (χ4v) is 2.41. The van der Waals surface area contributed by atoms with Crippen molar-refractivity contribution in [1.29, 1.82) is 0 Å². The summed E-state index contributed by atoms with van der Waals surface area (Å²) in [5, 5.41) is 2.31. The van der Waals surface area contributed by atoms with Crippen molar-refractivity contribution in [3.05, 3.63) is 35.9 Å². The summed E-state index contributed by atoms with van der Waals surface area (Å²) in [6, 6.07) is 5.94. The summed E-state index contributed by atoms with van der Waals surface area (Å²) in [5.74, 6) is -3.16. The van der Waals surface area contributed by atoms with Crippen molar-refractivity contribution in [2.75, 3.05) is 13.0 Å². The van der Waals surface area contributed by atoms with E-state index in [4.69, 9.17) is 5.48 Å². The van der Waals surface area contributed by atoms with E-state index in [9.17, 15) is 8.78 Å². The van der Waals surface area contributed by atoms with Crippen molar-refractivity contribution in [3.63, 3.8) is 0 Å². The van der Waals surface area contributed by atoms with E-state index in [1.807, 2.05) is 0 Å². The highest BCUT2D eigenvalue weighted by molar-refractivity contribution is 5.16. The maximum atomic E-state index is 14.1. The molecule has 17 heavy (non-hydrogen) atoms. The van der Waals surface area contributed by atoms with Gasteiger partial charge < -0.3 is 5.32 Å². The van der Waals surface area contributed by atoms with Crippen LogP contribution in [0.25, 0.3) is 0 Å². The van der Waals surface area contributed by atoms with Crippen LogP contribution < -0.4 is 5.32 Å². The molecule has 0 aromatic heterocycles. The highest BCUT2D eigenvalue weighted by Gasteiger charge is 2.55. The molecule has 0 amide bonds. The summed E-state index contributed by atoms with van der Waals surface area (Å²) in [7, 11) is 0. The van der Waals surface area contributed by atoms with Gasteiger partial charge in [0.2, 0.25) is 0 Å². The van der Waals surface area contributed by atoms with Crippen LogP contribution in [-0.2, 0) is 6.50 Å². The average molecular weight is 242 g/mol. The monoisotopic (exact) mass is 242 g/mol. The van der Waals surface area contributed by atoms with Crippen molar-refractivity contribution in [2.24, 2.45) is 0 Å². The van der Waals surface area contributed by atoms with Gasteiger partial charge in [0.05, 0.1) is 12.6 Å². The first-order valence-electron chi connectivity index (χ1n) is 7.61. The highest BCUT2D eigenvalue weighted by atomic mass is 19.3. The summed E-state index contributed by atoms with van der Waals surface area (Å²) < 4.78 is 59.9. The predicted molar refractivity (Wildman–Crippen MR) is 62.0 cm³/mol. The number of hydrogen-bond donors (Lipinski definition) is 1. The fourth-order valence-electron chi connectivity index (χ4n) is 2.41. The summed E-state index contributed by atoms with van der Waals surface area (Å²) in [6.07, 6.45) is -0.153. The van der Waals surface area contributed by atoms with E-state index in [1.54, 1.807) is 30.3 Å². The molecule has 0 bridgehead atoms. The average Bonchev–Trinajstić information content (AvgIpc) is 2.84. The van der Waals surface area contributed by atoms with Crippen molar-refractivity contribution in [3.8, 4) is 0 Å². The summed E-state index contributed by atoms with van der Waals surface area (Å²) in [5.41, 5.74) is 0.300. The van der Waals surface area contributed by atoms with Crippen molar-refractivity contribution in [1.82, 2.24) is 10.2 Å². The normalized spacial score (nSPS) is 38.9. The van der Waals surface area contributed by atoms with E-state index in [0.29, 0.717) is 5.56 Å². The van der Waals surface area contributed by atoms with Crippen LogP contribution in [0.1, 0.15) is 17.5 Å². The molecule has 2 nitrogen and oxygen atoms in total. The van der Waals surface area contributed by atoms with Gasteiger partial charge in [-0.1, -0.05) is 30.3 Å². The van der Waals surface area contributed by atoms with E-state index in [2.05, 4.69) is 5.32 Å². The molecule has 4 heteroatoms. The summed E-state index contributed by atoms with van der Waals surface area (Å²) >= 11 is 0. The van der Waals surface area contributed by atoms with Crippen LogP contribution in [0.5, 0.6) is 0 Å². The molecule has 2 atom stereocenters. The maximum absolute atomic E-state index is 14.1. The van der Waals surface area contributed by atoms with Crippen LogP contribution in [0.15, 0.2) is 30.3 Å². The Morgan fingerprint density at radius 1 is 1.47 bits per heavy atom. The first kappa shape index (κ1) is 7.44. The second kappa shape index (κ2) is 4.03. The van der Waals surface area contributed by atoms with E-state index in [-0.39, 0.29) is 6.42 Å². The Morgan fingerprint density at radius 3 is 3.00 bits per heavy atom. The molecule has 92 valence electrons. The quantitative estimate of drug-likeness (QED) is 0.851. The second-order valence-electron chi connectivity index (χ2n) is 4.44. The van der Waals surface area contributed by atoms with Gasteiger partial charge in [-0.25, -0.2) is 8.78 Å². The third kappa shape index (κ3) is 1.96. The topological polar surface area (TPSA) is 15.3 Å². The minimum atomic E-state index is -3.16. The third-order valence-electron chi connectivity index (χ3n) is 3.24. The third-order valence-corrected chi connectivity index (χ3v) is 3.24. The second-order valence-corrected chi connectivity index (χ2v) is 4.44. The molecule has 2 saturated heterocycles. The van der Waals surface area contributed by atoms with Gasteiger partial charge in [0.1, 0.15) is 0 Å². The molecule has 0 spiro atoms. The Morgan fingerprint density at radius 2 is 2.24 bits per heavy atom. The first-order valence-corrected chi connectivity index (χ1v) is 5.61. The van der Waals surface area contributed by atoms with Gasteiger partial charge in [-0.05, 0) is 18.5 Å². The number of nitrogens with one attached hydrogen (secondary N) is 1. The van der Waals surface area contributed by atoms with E-state index in [1.165, 1.54) is 0 Å². The van der Waals surface area contributed by atoms with Crippen LogP contribution >= 0.6 is 0 Å². The lowest BCUT2D eigenvalue weighted by Crippen LogP contribution is -2.42. The lowest BCUT2D eigenvalue weighted by molar-refractivity contribution is -0.00920. The minimum absolute atomic E-state index is 0.153. The molecule has 0 saturated carbocycles. The van der Waals surface area contributed by atoms with Crippen molar-refractivity contribution < 1.29 is 14.3 Å². The SMILES string of the molecule is [2H]C1([2H])C[C@H]2[C@@H](N1)C(F)(F)CN2C([2H])([2H])c1ccccc1. The lowest BCUT2D eigenvalue weighted by atomic mass is 10.1. The molecule has 0 unspecified atom stereocenters. The molecule has 2 aliphatic heterocycles. The van der Waals surface area contributed by atoms with Gasteiger partial charge in [0.25, 0.3) is 5.92 Å². The maximum Gasteiger partial charge on any atom is 0.277 e. The molecule has 1 aromatic carbocycles. The number of alkyl halides is 2. The van der Waals surface area contributed by atoms with E-state index < -0.39 is 37.5 Å². The largest absolute Gasteiger partial charge is 0.307 e. The lowest BCUT2D eigenvalue weighted by Gasteiger charge is -2.21. The molecular weight excluding hydrogens is 222 g/mol. The molecule has 2 fully saturated rings. The fraction of sp³-hybridized carbons (Fsp3) is 0.538. The van der Waals surface area contributed by atoms with Gasteiger partial charge in [0.15, 0.2) is 0 Å². The number of hydrogen-bond acceptors (Lipinski definition) is 2. The smallest absolute Gasteiger partial charge is 0.277 e. The van der Waals surface area contributed by atoms with Crippen LogP contribution in [0, 0.1) is 0 Å². The number of nitrogens with zero attached hydrogens (tertiary/aromatic N) is 1. The molecule has 0 radical (unpaired) electrons. The number of benzene rings is 1. The van der Waals surface area contributed by atoms with Gasteiger partial charge >= 0.3 is 0 Å². The van der Waals surface area contributed by atoms with E-state index >= 15 is 0 Å². The molecule has 2 aliphatic rings. The van der Waals surface area contributed by atoms with Gasteiger partial charge in [0, 0.05) is 18.0 Å². The first-order chi connectivity index (χ1) is 9.63. The number of likely N-dealkylation sites (tertiary alicyclic amines) is 1. The number of rotatable bonds is 2. The van der Waals surface area contributed by atoms with Crippen LogP contribution in [0.4, 0.5) is 8.78 Å². The van der Waals surface area contributed by atoms with Gasteiger partial charge in [-0.2, -0.15) is 0 Å². The van der Waals surface area contributed by atoms with Crippen LogP contribution in [0.3, 0.4) is 0 Å². The Balaban J connectivity index is 1.96. The van der Waals surface area contributed by atoms with Gasteiger partial charge in [-0.15, -0.1) is 0 Å². The zero-order valence-electron chi connectivity index (χ0n) is 13.2. The number of fused-ring (bicyclic) bond motifs is 1. The predicted octanol–water partition coefficient (Wildman–Crippen LogP) is 1.87. The summed E-state index contributed by atoms with van der Waals surface area (Å²) in [4.78, 5) is 1.09. The Kier molecular flexibility index (Phi) is 1.76. The zero-order chi connectivity index (χ0) is 15.5. The van der Waals surface area contributed by atoms with Gasteiger partial charge in [-0.3, -0.25) is 4.90 Å². The standard InChI is InChI=1S/C13H16F2N2/c14-13(15)9-17(11-6-7-16-12(11)13)8-10-4-2-1-3-5-10/h1-5,11-12,16H,6-9H2/t11-,12+/m0/s1/i7D2,8D2. The van der Waals surface area contributed by atoms with E-state index in [0.717, 1.165) is 4.90 Å². The van der Waals surface area contributed by atoms with Crippen molar-refractivity contribution >= 4 is 0 Å². The Bertz CT molecular complexity index is 538. The van der Waals surface area contributed by atoms with Crippen LogP contribution in [-0.4, -0.2) is 35.9 Å². The van der Waals surface area contributed by atoms with Crippen LogP contribution in [0.2, 0.25) is 0 Å². The zero-order valence-corrected chi connectivity index (χ0v) is 9.16. The minimum Gasteiger partial charge on any atom is -0.307 e. The Labute approximate surface area is 105 Å². The number of halogens is 2. The molecule has 3 rings (SSSR count). The molecule has 0 aliphatic carbocycles. The molecule has 1 aromatic rings. The molecular formula is C13H16F2N2. The summed E-state index contributed by atoms with van der Waals surface area (Å²) in [6.45, 7) is -4.68.